The first kappa shape index (κ1) is 12.2. The Morgan fingerprint density at radius 3 is 2.71 bits per heavy atom. The predicted octanol–water partition coefficient (Wildman–Crippen LogP) is 3.49. The molecular weight excluding hydrogens is 260 g/mol. The second-order valence-electron chi connectivity index (χ2n) is 5.42. The van der Waals surface area contributed by atoms with Crippen molar-refractivity contribution < 1.29 is 5.11 Å². The van der Waals surface area contributed by atoms with Crippen LogP contribution in [0.1, 0.15) is 11.1 Å². The SMILES string of the molecule is OCC1(c2c[nH]c3ccccc23)C=Cc2ccccc2N1. The van der Waals surface area contributed by atoms with Gasteiger partial charge in [0.15, 0.2) is 0 Å². The molecule has 3 N–H and O–H groups in total. The molecule has 1 aliphatic rings. The van der Waals surface area contributed by atoms with Crippen molar-refractivity contribution >= 4 is 22.7 Å². The molecule has 1 aromatic heterocycles. The topological polar surface area (TPSA) is 48.0 Å². The highest BCUT2D eigenvalue weighted by molar-refractivity contribution is 5.86. The molecular formula is C18H16N2O. The first-order chi connectivity index (χ1) is 10.3. The van der Waals surface area contributed by atoms with E-state index < -0.39 is 5.54 Å². The van der Waals surface area contributed by atoms with Gasteiger partial charge in [-0.05, 0) is 17.7 Å². The summed E-state index contributed by atoms with van der Waals surface area (Å²) >= 11 is 0. The van der Waals surface area contributed by atoms with Gasteiger partial charge < -0.3 is 15.4 Å². The van der Waals surface area contributed by atoms with Crippen molar-refractivity contribution in [1.82, 2.24) is 4.98 Å². The first-order valence-electron chi connectivity index (χ1n) is 7.06. The van der Waals surface area contributed by atoms with Crippen LogP contribution in [0.15, 0.2) is 60.8 Å². The number of fused-ring (bicyclic) bond motifs is 2. The van der Waals surface area contributed by atoms with Crippen LogP contribution in [-0.2, 0) is 5.54 Å². The molecule has 0 saturated heterocycles. The Hall–Kier alpha value is -2.52. The number of aliphatic hydroxyl groups is 1. The van der Waals surface area contributed by atoms with Gasteiger partial charge in [-0.1, -0.05) is 48.6 Å². The normalized spacial score (nSPS) is 20.2. The van der Waals surface area contributed by atoms with Crippen LogP contribution in [0.4, 0.5) is 5.69 Å². The van der Waals surface area contributed by atoms with Crippen molar-refractivity contribution in [2.45, 2.75) is 5.54 Å². The van der Waals surface area contributed by atoms with Crippen LogP contribution in [0.25, 0.3) is 17.0 Å². The molecule has 0 saturated carbocycles. The molecule has 104 valence electrons. The Morgan fingerprint density at radius 1 is 1.00 bits per heavy atom. The highest BCUT2D eigenvalue weighted by Gasteiger charge is 2.33. The van der Waals surface area contributed by atoms with E-state index in [0.29, 0.717) is 0 Å². The Labute approximate surface area is 122 Å². The molecule has 0 fully saturated rings. The van der Waals surface area contributed by atoms with Gasteiger partial charge in [0.2, 0.25) is 0 Å². The van der Waals surface area contributed by atoms with E-state index in [9.17, 15) is 5.11 Å². The number of anilines is 1. The average molecular weight is 276 g/mol. The highest BCUT2D eigenvalue weighted by Crippen LogP contribution is 2.37. The fraction of sp³-hybridized carbons (Fsp3) is 0.111. The molecule has 21 heavy (non-hydrogen) atoms. The lowest BCUT2D eigenvalue weighted by atomic mass is 9.86. The van der Waals surface area contributed by atoms with Crippen LogP contribution < -0.4 is 5.32 Å². The van der Waals surface area contributed by atoms with E-state index in [-0.39, 0.29) is 6.61 Å². The van der Waals surface area contributed by atoms with Crippen LogP contribution >= 0.6 is 0 Å². The van der Waals surface area contributed by atoms with Gasteiger partial charge in [0.1, 0.15) is 5.54 Å². The summed E-state index contributed by atoms with van der Waals surface area (Å²) < 4.78 is 0. The second-order valence-corrected chi connectivity index (χ2v) is 5.42. The molecule has 3 heteroatoms. The number of para-hydroxylation sites is 2. The average Bonchev–Trinajstić information content (AvgIpc) is 2.99. The molecule has 3 nitrogen and oxygen atoms in total. The number of H-pyrrole nitrogens is 1. The predicted molar refractivity (Wildman–Crippen MR) is 86.2 cm³/mol. The van der Waals surface area contributed by atoms with E-state index in [1.807, 2.05) is 48.7 Å². The van der Waals surface area contributed by atoms with Gasteiger partial charge in [-0.25, -0.2) is 0 Å². The molecule has 1 unspecified atom stereocenters. The van der Waals surface area contributed by atoms with Crippen molar-refractivity contribution in [3.63, 3.8) is 0 Å². The number of aromatic nitrogens is 1. The molecule has 2 aromatic carbocycles. The van der Waals surface area contributed by atoms with E-state index in [2.05, 4.69) is 28.5 Å². The first-order valence-corrected chi connectivity index (χ1v) is 7.06. The quantitative estimate of drug-likeness (QED) is 0.671. The van der Waals surface area contributed by atoms with E-state index in [0.717, 1.165) is 27.7 Å². The Bertz CT molecular complexity index is 834. The third-order valence-corrected chi connectivity index (χ3v) is 4.19. The molecule has 4 rings (SSSR count). The van der Waals surface area contributed by atoms with Gasteiger partial charge in [-0.2, -0.15) is 0 Å². The lowest BCUT2D eigenvalue weighted by Crippen LogP contribution is -2.38. The van der Waals surface area contributed by atoms with E-state index >= 15 is 0 Å². The highest BCUT2D eigenvalue weighted by atomic mass is 16.3. The van der Waals surface area contributed by atoms with Crippen molar-refractivity contribution in [3.05, 3.63) is 71.9 Å². The van der Waals surface area contributed by atoms with Gasteiger partial charge in [0, 0.05) is 28.4 Å². The minimum atomic E-state index is -0.589. The molecule has 0 aliphatic carbocycles. The van der Waals surface area contributed by atoms with Gasteiger partial charge in [0.05, 0.1) is 6.61 Å². The van der Waals surface area contributed by atoms with Gasteiger partial charge in [0.25, 0.3) is 0 Å². The number of hydrogen-bond donors (Lipinski definition) is 3. The largest absolute Gasteiger partial charge is 0.393 e. The van der Waals surface area contributed by atoms with Crippen LogP contribution in [0.5, 0.6) is 0 Å². The maximum atomic E-state index is 10.1. The second kappa shape index (κ2) is 4.50. The molecule has 2 heterocycles. The summed E-state index contributed by atoms with van der Waals surface area (Å²) in [5.41, 5.74) is 3.73. The van der Waals surface area contributed by atoms with E-state index in [4.69, 9.17) is 0 Å². The Balaban J connectivity index is 1.90. The van der Waals surface area contributed by atoms with Crippen LogP contribution in [0.3, 0.4) is 0 Å². The lowest BCUT2D eigenvalue weighted by molar-refractivity contribution is 0.241. The minimum Gasteiger partial charge on any atom is -0.393 e. The number of rotatable bonds is 2. The zero-order valence-electron chi connectivity index (χ0n) is 11.5. The monoisotopic (exact) mass is 276 g/mol. The standard InChI is InChI=1S/C18H16N2O/c21-12-18(10-9-13-5-1-3-7-16(13)20-18)15-11-19-17-8-4-2-6-14(15)17/h1-11,19-21H,12H2. The summed E-state index contributed by atoms with van der Waals surface area (Å²) in [6.07, 6.45) is 6.10. The van der Waals surface area contributed by atoms with Crippen LogP contribution in [-0.4, -0.2) is 16.7 Å². The summed E-state index contributed by atoms with van der Waals surface area (Å²) in [5.74, 6) is 0. The molecule has 1 aliphatic heterocycles. The summed E-state index contributed by atoms with van der Waals surface area (Å²) in [5, 5.41) is 14.7. The van der Waals surface area contributed by atoms with Gasteiger partial charge >= 0.3 is 0 Å². The van der Waals surface area contributed by atoms with Crippen LogP contribution in [0, 0.1) is 0 Å². The number of benzene rings is 2. The summed E-state index contributed by atoms with van der Waals surface area (Å²) in [6, 6.07) is 16.3. The van der Waals surface area contributed by atoms with Crippen LogP contribution in [0.2, 0.25) is 0 Å². The maximum Gasteiger partial charge on any atom is 0.107 e. The fourth-order valence-corrected chi connectivity index (χ4v) is 3.05. The van der Waals surface area contributed by atoms with Crippen molar-refractivity contribution in [2.24, 2.45) is 0 Å². The van der Waals surface area contributed by atoms with Crippen molar-refractivity contribution in [2.75, 3.05) is 11.9 Å². The molecule has 0 amide bonds. The van der Waals surface area contributed by atoms with E-state index in [1.54, 1.807) is 0 Å². The molecule has 0 radical (unpaired) electrons. The Kier molecular flexibility index (Phi) is 2.62. The third-order valence-electron chi connectivity index (χ3n) is 4.19. The number of nitrogens with one attached hydrogen (secondary N) is 2. The molecule has 0 spiro atoms. The summed E-state index contributed by atoms with van der Waals surface area (Å²) in [4.78, 5) is 3.28. The Morgan fingerprint density at radius 2 is 1.81 bits per heavy atom. The zero-order chi connectivity index (χ0) is 14.3. The number of aromatic amines is 1. The molecule has 1 atom stereocenters. The third kappa shape index (κ3) is 1.78. The van der Waals surface area contributed by atoms with Crippen molar-refractivity contribution in [3.8, 4) is 0 Å². The lowest BCUT2D eigenvalue weighted by Gasteiger charge is -2.34. The van der Waals surface area contributed by atoms with Gasteiger partial charge in [-0.3, -0.25) is 0 Å². The maximum absolute atomic E-state index is 10.1. The summed E-state index contributed by atoms with van der Waals surface area (Å²) in [7, 11) is 0. The fourth-order valence-electron chi connectivity index (χ4n) is 3.05. The molecule has 3 aromatic rings. The van der Waals surface area contributed by atoms with Gasteiger partial charge in [-0.15, -0.1) is 0 Å². The zero-order valence-corrected chi connectivity index (χ0v) is 11.5. The number of hydrogen-bond acceptors (Lipinski definition) is 2. The van der Waals surface area contributed by atoms with Crippen molar-refractivity contribution in [1.29, 1.82) is 0 Å². The van der Waals surface area contributed by atoms with E-state index in [1.165, 1.54) is 0 Å². The molecule has 0 bridgehead atoms. The minimum absolute atomic E-state index is 0.000316. The number of aliphatic hydroxyl groups excluding tert-OH is 1. The smallest absolute Gasteiger partial charge is 0.107 e. The summed E-state index contributed by atoms with van der Waals surface area (Å²) in [6.45, 7) is -0.000316.